The predicted molar refractivity (Wildman–Crippen MR) is 116 cm³/mol. The Kier molecular flexibility index (Phi) is 5.99. The smallest absolute Gasteiger partial charge is 0.244 e. The zero-order valence-electron chi connectivity index (χ0n) is 17.0. The Morgan fingerprint density at radius 2 is 1.57 bits per heavy atom. The number of amides is 3. The van der Waals surface area contributed by atoms with Gasteiger partial charge in [-0.3, -0.25) is 14.4 Å². The van der Waals surface area contributed by atoms with Crippen molar-refractivity contribution >= 4 is 46.6 Å². The molecule has 4 fully saturated rings. The van der Waals surface area contributed by atoms with Crippen LogP contribution in [0.1, 0.15) is 38.5 Å². The van der Waals surface area contributed by atoms with Crippen LogP contribution in [0.25, 0.3) is 0 Å². The fraction of sp³-hybridized carbons (Fsp3) is 0.591. The normalized spacial score (nSPS) is 28.8. The van der Waals surface area contributed by atoms with Crippen LogP contribution in [0.2, 0.25) is 10.0 Å². The molecule has 1 aromatic rings. The summed E-state index contributed by atoms with van der Waals surface area (Å²) in [5, 5.41) is 6.14. The van der Waals surface area contributed by atoms with Crippen molar-refractivity contribution in [1.82, 2.24) is 10.2 Å². The molecule has 0 aliphatic heterocycles. The van der Waals surface area contributed by atoms with Gasteiger partial charge in [0.2, 0.25) is 17.7 Å². The van der Waals surface area contributed by atoms with Crippen LogP contribution in [-0.4, -0.2) is 42.8 Å². The number of hydrogen-bond acceptors (Lipinski definition) is 3. The quantitative estimate of drug-likeness (QED) is 0.691. The minimum Gasteiger partial charge on any atom is -0.347 e. The maximum Gasteiger partial charge on any atom is 0.244 e. The Labute approximate surface area is 186 Å². The number of para-hydroxylation sites is 1. The third-order valence-electron chi connectivity index (χ3n) is 6.95. The molecule has 0 spiro atoms. The summed E-state index contributed by atoms with van der Waals surface area (Å²) in [5.74, 6) is 1.29. The Bertz CT molecular complexity index is 818. The summed E-state index contributed by atoms with van der Waals surface area (Å²) >= 11 is 12.1. The van der Waals surface area contributed by atoms with E-state index >= 15 is 0 Å². The molecule has 2 N–H and O–H groups in total. The lowest BCUT2D eigenvalue weighted by molar-refractivity contribution is -0.147. The maximum absolute atomic E-state index is 13.0. The minimum atomic E-state index is -0.409. The average molecular weight is 452 g/mol. The van der Waals surface area contributed by atoms with Gasteiger partial charge >= 0.3 is 0 Å². The largest absolute Gasteiger partial charge is 0.347 e. The van der Waals surface area contributed by atoms with Crippen LogP contribution in [0.5, 0.6) is 0 Å². The van der Waals surface area contributed by atoms with E-state index in [1.807, 2.05) is 0 Å². The molecule has 1 aromatic carbocycles. The minimum absolute atomic E-state index is 0.00986. The molecule has 0 saturated heterocycles. The molecular weight excluding hydrogens is 425 g/mol. The van der Waals surface area contributed by atoms with Crippen LogP contribution in [0.3, 0.4) is 0 Å². The molecule has 6 nitrogen and oxygen atoms in total. The number of halogens is 2. The lowest BCUT2D eigenvalue weighted by Crippen LogP contribution is -2.54. The highest BCUT2D eigenvalue weighted by molar-refractivity contribution is 6.39. The van der Waals surface area contributed by atoms with E-state index in [2.05, 4.69) is 10.6 Å². The number of nitrogens with zero attached hydrogens (tertiary/aromatic N) is 1. The molecule has 0 heterocycles. The first-order chi connectivity index (χ1) is 14.3. The van der Waals surface area contributed by atoms with Gasteiger partial charge in [-0.25, -0.2) is 0 Å². The summed E-state index contributed by atoms with van der Waals surface area (Å²) in [7, 11) is 1.53. The van der Waals surface area contributed by atoms with E-state index in [0.29, 0.717) is 33.5 Å². The first-order valence-electron chi connectivity index (χ1n) is 10.5. The highest BCUT2D eigenvalue weighted by Gasteiger charge is 2.54. The van der Waals surface area contributed by atoms with Gasteiger partial charge in [0.1, 0.15) is 0 Å². The first-order valence-corrected chi connectivity index (χ1v) is 11.3. The number of carbonyl (C=O) groups excluding carboxylic acids is 3. The number of hydrogen-bond donors (Lipinski definition) is 2. The Morgan fingerprint density at radius 1 is 1.03 bits per heavy atom. The van der Waals surface area contributed by atoms with Gasteiger partial charge in [-0.15, -0.1) is 0 Å². The van der Waals surface area contributed by atoms with Crippen molar-refractivity contribution in [2.75, 3.05) is 25.5 Å². The van der Waals surface area contributed by atoms with Crippen molar-refractivity contribution in [2.45, 2.75) is 38.5 Å². The molecule has 0 radical (unpaired) electrons. The second-order valence-electron chi connectivity index (χ2n) is 9.28. The van der Waals surface area contributed by atoms with Crippen LogP contribution in [0.4, 0.5) is 5.69 Å². The first kappa shape index (κ1) is 21.4. The van der Waals surface area contributed by atoms with Gasteiger partial charge in [-0.05, 0) is 68.4 Å². The van der Waals surface area contributed by atoms with Gasteiger partial charge in [-0.2, -0.15) is 0 Å². The Morgan fingerprint density at radius 3 is 2.10 bits per heavy atom. The van der Waals surface area contributed by atoms with Gasteiger partial charge < -0.3 is 15.5 Å². The highest BCUT2D eigenvalue weighted by Crippen LogP contribution is 2.60. The standard InChI is InChI=1S/C22H27Cl2N3O3/c1-27(12-18(28)26-20-16(23)3-2-4-17(20)24)19(29)11-25-21(30)22-8-13-5-14(9-22)7-15(6-13)10-22/h2-4,13-15H,5-12H2,1H3,(H,25,30)(H,26,28). The maximum atomic E-state index is 13.0. The van der Waals surface area contributed by atoms with Gasteiger partial charge in [-0.1, -0.05) is 29.3 Å². The monoisotopic (exact) mass is 451 g/mol. The van der Waals surface area contributed by atoms with Gasteiger partial charge in [0.15, 0.2) is 0 Å². The highest BCUT2D eigenvalue weighted by atomic mass is 35.5. The molecule has 8 heteroatoms. The third-order valence-corrected chi connectivity index (χ3v) is 7.58. The predicted octanol–water partition coefficient (Wildman–Crippen LogP) is 3.72. The Hall–Kier alpha value is -1.79. The number of likely N-dealkylation sites (N-methyl/N-ethyl adjacent to an activating group) is 1. The van der Waals surface area contributed by atoms with Crippen molar-refractivity contribution in [3.8, 4) is 0 Å². The lowest BCUT2D eigenvalue weighted by Gasteiger charge is -2.55. The summed E-state index contributed by atoms with van der Waals surface area (Å²) in [6.07, 6.45) is 6.65. The molecule has 5 rings (SSSR count). The summed E-state index contributed by atoms with van der Waals surface area (Å²) < 4.78 is 0. The van der Waals surface area contributed by atoms with Crippen molar-refractivity contribution in [2.24, 2.45) is 23.2 Å². The van der Waals surface area contributed by atoms with E-state index < -0.39 is 5.91 Å². The zero-order valence-corrected chi connectivity index (χ0v) is 18.6. The second-order valence-corrected chi connectivity index (χ2v) is 10.1. The molecule has 3 amide bonds. The van der Waals surface area contributed by atoms with Crippen molar-refractivity contribution in [3.63, 3.8) is 0 Å². The van der Waals surface area contributed by atoms with E-state index in [0.717, 1.165) is 19.3 Å². The van der Waals surface area contributed by atoms with Crippen LogP contribution in [0.15, 0.2) is 18.2 Å². The molecule has 0 aromatic heterocycles. The van der Waals surface area contributed by atoms with Crippen LogP contribution >= 0.6 is 23.2 Å². The topological polar surface area (TPSA) is 78.5 Å². The van der Waals surface area contributed by atoms with Crippen LogP contribution < -0.4 is 10.6 Å². The number of anilines is 1. The zero-order chi connectivity index (χ0) is 21.5. The number of rotatable bonds is 6. The number of nitrogens with one attached hydrogen (secondary N) is 2. The summed E-state index contributed by atoms with van der Waals surface area (Å²) in [6, 6.07) is 4.93. The van der Waals surface area contributed by atoms with Crippen LogP contribution in [0, 0.1) is 23.2 Å². The SMILES string of the molecule is CN(CC(=O)Nc1c(Cl)cccc1Cl)C(=O)CNC(=O)C12CC3CC(CC(C3)C1)C2. The fourth-order valence-corrected chi connectivity index (χ4v) is 6.46. The Balaban J connectivity index is 1.28. The molecule has 30 heavy (non-hydrogen) atoms. The summed E-state index contributed by atoms with van der Waals surface area (Å²) in [4.78, 5) is 39.0. The van der Waals surface area contributed by atoms with Gasteiger partial charge in [0, 0.05) is 12.5 Å². The summed E-state index contributed by atoms with van der Waals surface area (Å²) in [6.45, 7) is -0.259. The average Bonchev–Trinajstić information content (AvgIpc) is 2.67. The lowest BCUT2D eigenvalue weighted by atomic mass is 9.49. The molecule has 0 unspecified atom stereocenters. The second kappa shape index (κ2) is 8.39. The fourth-order valence-electron chi connectivity index (χ4n) is 5.97. The molecule has 4 aliphatic carbocycles. The molecule has 162 valence electrons. The van der Waals surface area contributed by atoms with E-state index in [-0.39, 0.29) is 30.3 Å². The third kappa shape index (κ3) is 4.30. The molecular formula is C22H27Cl2N3O3. The summed E-state index contributed by atoms with van der Waals surface area (Å²) in [5.41, 5.74) is 0.0352. The van der Waals surface area contributed by atoms with E-state index in [1.165, 1.54) is 31.2 Å². The molecule has 4 saturated carbocycles. The number of benzene rings is 1. The van der Waals surface area contributed by atoms with Crippen molar-refractivity contribution in [3.05, 3.63) is 28.2 Å². The number of carbonyl (C=O) groups is 3. The van der Waals surface area contributed by atoms with Gasteiger partial charge in [0.05, 0.1) is 28.8 Å². The van der Waals surface area contributed by atoms with E-state index in [1.54, 1.807) is 18.2 Å². The molecule has 0 atom stereocenters. The van der Waals surface area contributed by atoms with Gasteiger partial charge in [0.25, 0.3) is 0 Å². The van der Waals surface area contributed by atoms with Crippen LogP contribution in [-0.2, 0) is 14.4 Å². The van der Waals surface area contributed by atoms with E-state index in [9.17, 15) is 14.4 Å². The van der Waals surface area contributed by atoms with E-state index in [4.69, 9.17) is 23.2 Å². The van der Waals surface area contributed by atoms with Crippen molar-refractivity contribution in [1.29, 1.82) is 0 Å². The van der Waals surface area contributed by atoms with Crippen molar-refractivity contribution < 1.29 is 14.4 Å². The molecule has 4 aliphatic rings. The molecule has 4 bridgehead atoms.